The van der Waals surface area contributed by atoms with E-state index in [9.17, 15) is 18.1 Å². The molecule has 2 N–H and O–H groups in total. The van der Waals surface area contributed by atoms with Crippen molar-refractivity contribution in [2.45, 2.75) is 98.8 Å². The lowest BCUT2D eigenvalue weighted by molar-refractivity contribution is 0.00639. The Kier molecular flexibility index (Phi) is 7.82. The molecular weight excluding hydrogens is 440 g/mol. The summed E-state index contributed by atoms with van der Waals surface area (Å²) in [5, 5.41) is 11.1. The first-order valence-electron chi connectivity index (χ1n) is 12.0. The number of fused-ring (bicyclic) bond motifs is 1. The minimum Gasteiger partial charge on any atom is -0.503 e. The van der Waals surface area contributed by atoms with Crippen molar-refractivity contribution < 1.29 is 27.6 Å². The van der Waals surface area contributed by atoms with Crippen LogP contribution in [-0.2, 0) is 16.5 Å². The minimum absolute atomic E-state index is 0.0522. The molecule has 0 aliphatic carbocycles. The molecule has 0 bridgehead atoms. The fourth-order valence-corrected chi connectivity index (χ4v) is 7.56. The molecule has 1 aliphatic heterocycles. The van der Waals surface area contributed by atoms with Crippen molar-refractivity contribution in [2.24, 2.45) is 22.2 Å². The topological polar surface area (TPSA) is 93.1 Å². The van der Waals surface area contributed by atoms with Gasteiger partial charge in [-0.1, -0.05) is 68.7 Å². The fraction of sp³-hybridized carbons (Fsp3) is 0.769. The maximum atomic E-state index is 12.3. The van der Waals surface area contributed by atoms with Crippen molar-refractivity contribution in [1.82, 2.24) is 0 Å². The second-order valence-electron chi connectivity index (χ2n) is 12.4. The highest BCUT2D eigenvalue weighted by Crippen LogP contribution is 2.63. The molecule has 0 amide bonds. The van der Waals surface area contributed by atoms with Gasteiger partial charge in [-0.3, -0.25) is 4.55 Å². The molecule has 0 spiro atoms. The predicted octanol–water partition coefficient (Wildman–Crippen LogP) is 6.59. The van der Waals surface area contributed by atoms with Crippen molar-refractivity contribution >= 4 is 10.1 Å². The third-order valence-electron chi connectivity index (χ3n) is 6.60. The lowest BCUT2D eigenvalue weighted by Crippen LogP contribution is -2.45. The number of ether oxygens (including phenoxy) is 2. The average molecular weight is 485 g/mol. The van der Waals surface area contributed by atoms with E-state index < -0.39 is 20.8 Å². The van der Waals surface area contributed by atoms with E-state index >= 15 is 0 Å². The largest absolute Gasteiger partial charge is 0.503 e. The van der Waals surface area contributed by atoms with Crippen LogP contribution < -0.4 is 9.47 Å². The Labute approximate surface area is 200 Å². The number of benzene rings is 1. The molecule has 1 heterocycles. The van der Waals surface area contributed by atoms with E-state index in [1.54, 1.807) is 0 Å². The summed E-state index contributed by atoms with van der Waals surface area (Å²) in [7, 11) is -3.18. The highest BCUT2D eigenvalue weighted by atomic mass is 32.2. The zero-order valence-corrected chi connectivity index (χ0v) is 22.9. The number of phenols is 1. The Morgan fingerprint density at radius 2 is 1.79 bits per heavy atom. The van der Waals surface area contributed by atoms with Crippen LogP contribution in [0.25, 0.3) is 0 Å². The molecule has 0 radical (unpaired) electrons. The molecule has 2 rings (SSSR count). The molecule has 2 atom stereocenters. The van der Waals surface area contributed by atoms with Gasteiger partial charge >= 0.3 is 0 Å². The maximum Gasteiger partial charge on any atom is 0.298 e. The first-order valence-corrected chi connectivity index (χ1v) is 13.4. The Morgan fingerprint density at radius 1 is 1.21 bits per heavy atom. The van der Waals surface area contributed by atoms with E-state index in [4.69, 9.17) is 9.47 Å². The zero-order valence-electron chi connectivity index (χ0n) is 22.1. The van der Waals surface area contributed by atoms with Gasteiger partial charge in [-0.2, -0.15) is 8.42 Å². The van der Waals surface area contributed by atoms with E-state index in [1.807, 2.05) is 6.92 Å². The Balaban J connectivity index is 3.02. The summed E-state index contributed by atoms with van der Waals surface area (Å²) in [4.78, 5) is -0.500. The number of rotatable bonds is 8. The summed E-state index contributed by atoms with van der Waals surface area (Å²) in [5.74, 6) is 0.355. The van der Waals surface area contributed by atoms with Crippen LogP contribution in [0.4, 0.5) is 0 Å². The van der Waals surface area contributed by atoms with Crippen LogP contribution in [0.3, 0.4) is 0 Å². The van der Waals surface area contributed by atoms with Crippen molar-refractivity contribution in [3.8, 4) is 17.2 Å². The lowest BCUT2D eigenvalue weighted by atomic mass is 9.55. The summed E-state index contributed by atoms with van der Waals surface area (Å²) in [5.41, 5.74) is 0.598. The molecule has 0 saturated carbocycles. The summed E-state index contributed by atoms with van der Waals surface area (Å²) < 4.78 is 46.7. The molecule has 6 nitrogen and oxygen atoms in total. The van der Waals surface area contributed by atoms with E-state index in [0.717, 1.165) is 18.4 Å². The highest BCUT2D eigenvalue weighted by molar-refractivity contribution is 7.86. The Hall–Kier alpha value is -1.47. The van der Waals surface area contributed by atoms with Gasteiger partial charge in [-0.15, -0.1) is 0 Å². The molecule has 1 aliphatic rings. The molecule has 1 aromatic rings. The van der Waals surface area contributed by atoms with Crippen LogP contribution in [0.2, 0.25) is 0 Å². The van der Waals surface area contributed by atoms with E-state index in [1.165, 1.54) is 7.11 Å². The SMILES string of the molecule is CCCc1c(OC)c2c(c(O)c1S(=O)(=O)O)OCC(C)(CC(C)C)C2C(C)(C)CC(C)(C)C. The van der Waals surface area contributed by atoms with Crippen molar-refractivity contribution in [3.05, 3.63) is 11.1 Å². The van der Waals surface area contributed by atoms with E-state index in [-0.39, 0.29) is 27.9 Å². The molecule has 0 aromatic heterocycles. The van der Waals surface area contributed by atoms with Crippen LogP contribution >= 0.6 is 0 Å². The zero-order chi connectivity index (χ0) is 25.6. The van der Waals surface area contributed by atoms with Gasteiger partial charge in [0.25, 0.3) is 10.1 Å². The third-order valence-corrected chi connectivity index (χ3v) is 7.56. The van der Waals surface area contributed by atoms with Crippen molar-refractivity contribution in [3.63, 3.8) is 0 Å². The first-order chi connectivity index (χ1) is 14.9. The predicted molar refractivity (Wildman–Crippen MR) is 132 cm³/mol. The van der Waals surface area contributed by atoms with Gasteiger partial charge in [-0.05, 0) is 36.0 Å². The summed E-state index contributed by atoms with van der Waals surface area (Å²) in [6.07, 6.45) is 2.77. The molecule has 2 unspecified atom stereocenters. The number of phenolic OH excluding ortho intramolecular Hbond substituents is 1. The normalized spacial score (nSPS) is 21.6. The third kappa shape index (κ3) is 5.61. The molecule has 7 heteroatoms. The Morgan fingerprint density at radius 3 is 2.21 bits per heavy atom. The minimum atomic E-state index is -4.69. The van der Waals surface area contributed by atoms with Crippen LogP contribution in [0.15, 0.2) is 4.90 Å². The number of hydrogen-bond donors (Lipinski definition) is 2. The summed E-state index contributed by atoms with van der Waals surface area (Å²) in [6, 6.07) is 0. The highest BCUT2D eigenvalue weighted by Gasteiger charge is 2.53. The van der Waals surface area contributed by atoms with E-state index in [0.29, 0.717) is 36.7 Å². The average Bonchev–Trinajstić information content (AvgIpc) is 2.57. The molecule has 0 fully saturated rings. The standard InChI is InChI=1S/C26H44O6S/c1-11-12-17-20(31-10)18-21(19(27)22(17)33(28,29)30)32-15-26(9,13-16(2)3)23(18)25(7,8)14-24(4,5)6/h16,23,27H,11-15H2,1-10H3,(H,28,29,30). The van der Waals surface area contributed by atoms with Crippen molar-refractivity contribution in [1.29, 1.82) is 0 Å². The summed E-state index contributed by atoms with van der Waals surface area (Å²) >= 11 is 0. The van der Waals surface area contributed by atoms with Gasteiger partial charge in [0.05, 0.1) is 13.7 Å². The van der Waals surface area contributed by atoms with E-state index in [2.05, 4.69) is 55.4 Å². The van der Waals surface area contributed by atoms with Crippen LogP contribution in [0.5, 0.6) is 17.2 Å². The van der Waals surface area contributed by atoms with Gasteiger partial charge in [0.15, 0.2) is 11.5 Å². The van der Waals surface area contributed by atoms with Gasteiger partial charge in [-0.25, -0.2) is 0 Å². The molecule has 190 valence electrons. The fourth-order valence-electron chi connectivity index (χ4n) is 6.72. The lowest BCUT2D eigenvalue weighted by Gasteiger charge is -2.52. The number of hydrogen-bond acceptors (Lipinski definition) is 5. The molecular formula is C26H44O6S. The summed E-state index contributed by atoms with van der Waals surface area (Å²) in [6.45, 7) is 20.0. The molecule has 1 aromatic carbocycles. The van der Waals surface area contributed by atoms with Crippen LogP contribution in [-0.4, -0.2) is 31.8 Å². The van der Waals surface area contributed by atoms with Crippen LogP contribution in [0.1, 0.15) is 98.6 Å². The van der Waals surface area contributed by atoms with Gasteiger partial charge in [0.1, 0.15) is 10.6 Å². The monoisotopic (exact) mass is 484 g/mol. The maximum absolute atomic E-state index is 12.3. The quantitative estimate of drug-likeness (QED) is 0.404. The van der Waals surface area contributed by atoms with Crippen LogP contribution in [0, 0.1) is 22.2 Å². The first kappa shape index (κ1) is 27.8. The second-order valence-corrected chi connectivity index (χ2v) is 13.7. The number of aromatic hydroxyl groups is 1. The number of methoxy groups -OCH3 is 1. The second kappa shape index (κ2) is 9.29. The van der Waals surface area contributed by atoms with Gasteiger partial charge < -0.3 is 14.6 Å². The van der Waals surface area contributed by atoms with Gasteiger partial charge in [0.2, 0.25) is 0 Å². The smallest absolute Gasteiger partial charge is 0.298 e. The van der Waals surface area contributed by atoms with Crippen molar-refractivity contribution in [2.75, 3.05) is 13.7 Å². The Bertz CT molecular complexity index is 972. The molecule has 33 heavy (non-hydrogen) atoms. The molecule has 0 saturated heterocycles. The van der Waals surface area contributed by atoms with Gasteiger partial charge in [0, 0.05) is 22.5 Å².